The molecule has 1 saturated heterocycles. The van der Waals surface area contributed by atoms with Gasteiger partial charge in [0.1, 0.15) is 24.4 Å². The van der Waals surface area contributed by atoms with Crippen LogP contribution in [0.2, 0.25) is 0 Å². The number of nitrogens with two attached hydrogens (primary N) is 1. The van der Waals surface area contributed by atoms with Crippen LogP contribution < -0.4 is 47.7 Å². The Morgan fingerprint density at radius 2 is 1.44 bits per heavy atom. The summed E-state index contributed by atoms with van der Waals surface area (Å²) in [5.74, 6) is -2.57. The van der Waals surface area contributed by atoms with Gasteiger partial charge in [0.15, 0.2) is 0 Å². The maximum atomic E-state index is 13.0. The number of piperidine rings is 1. The summed E-state index contributed by atoms with van der Waals surface area (Å²) in [7, 11) is 0. The van der Waals surface area contributed by atoms with Crippen LogP contribution in [0.25, 0.3) is 0 Å². The van der Waals surface area contributed by atoms with E-state index >= 15 is 0 Å². The van der Waals surface area contributed by atoms with E-state index in [4.69, 9.17) is 10.5 Å². The number of hydrogen-bond acceptors (Lipinski definition) is 10. The standard InChI is InChI=1S/C44H47N9O9/c45-20-38(55)47-24-40(57)51-35(19-27-4-2-1-3-5-27)41(58)48-23-39(56)46-21-28-6-8-29(9-7-28)26-62-33-13-11-32(12-14-33)50-44(61)49-22-30-10-15-34-31(18-30)25-53(43(34)60)36-16-17-37(54)52-42(36)59/h1-15,18,35-36H,16-17,19-26,45H2,(H,46,56)(H,47,55)(H,48,58)(H,51,57)(H2,49,50,61)(H,52,54,59)/t35-,36?/m0/s1. The topological polar surface area (TPSA) is 259 Å². The predicted molar refractivity (Wildman–Crippen MR) is 225 cm³/mol. The van der Waals surface area contributed by atoms with E-state index in [1.807, 2.05) is 48.5 Å². The van der Waals surface area contributed by atoms with Crippen molar-refractivity contribution in [3.05, 3.63) is 130 Å². The number of carbonyl (C=O) groups excluding carboxylic acids is 8. The average molecular weight is 846 g/mol. The summed E-state index contributed by atoms with van der Waals surface area (Å²) in [5.41, 5.74) is 10.3. The van der Waals surface area contributed by atoms with E-state index in [1.54, 1.807) is 48.5 Å². The van der Waals surface area contributed by atoms with Crippen molar-refractivity contribution in [1.29, 1.82) is 0 Å². The molecule has 2 aliphatic heterocycles. The first-order valence-electron chi connectivity index (χ1n) is 19.9. The molecule has 9 amide bonds. The van der Waals surface area contributed by atoms with Crippen molar-refractivity contribution in [2.45, 2.75) is 57.6 Å². The number of ether oxygens (including phenoxy) is 1. The largest absolute Gasteiger partial charge is 0.489 e. The number of amides is 9. The molecule has 0 aliphatic carbocycles. The van der Waals surface area contributed by atoms with Gasteiger partial charge >= 0.3 is 6.03 Å². The predicted octanol–water partition coefficient (Wildman–Crippen LogP) is 0.883. The van der Waals surface area contributed by atoms with Crippen LogP contribution in [0.1, 0.15) is 51.0 Å². The molecule has 9 N–H and O–H groups in total. The second-order valence-corrected chi connectivity index (χ2v) is 14.6. The van der Waals surface area contributed by atoms with E-state index < -0.39 is 47.7 Å². The van der Waals surface area contributed by atoms with Gasteiger partial charge in [-0.1, -0.05) is 66.7 Å². The van der Waals surface area contributed by atoms with Crippen molar-refractivity contribution in [2.24, 2.45) is 5.73 Å². The summed E-state index contributed by atoms with van der Waals surface area (Å²) in [6.07, 6.45) is 0.633. The summed E-state index contributed by atoms with van der Waals surface area (Å²) in [4.78, 5) is 100. The summed E-state index contributed by atoms with van der Waals surface area (Å²) >= 11 is 0. The van der Waals surface area contributed by atoms with Gasteiger partial charge in [0.25, 0.3) is 5.91 Å². The first-order valence-corrected chi connectivity index (χ1v) is 19.9. The zero-order chi connectivity index (χ0) is 44.0. The zero-order valence-corrected chi connectivity index (χ0v) is 33.7. The maximum Gasteiger partial charge on any atom is 0.319 e. The van der Waals surface area contributed by atoms with Crippen LogP contribution in [0.15, 0.2) is 97.1 Å². The lowest BCUT2D eigenvalue weighted by Crippen LogP contribution is -2.52. The van der Waals surface area contributed by atoms with Crippen molar-refractivity contribution in [3.63, 3.8) is 0 Å². The quantitative estimate of drug-likeness (QED) is 0.0656. The van der Waals surface area contributed by atoms with Gasteiger partial charge < -0.3 is 47.3 Å². The number of carbonyl (C=O) groups is 8. The fourth-order valence-electron chi connectivity index (χ4n) is 6.76. The molecule has 62 heavy (non-hydrogen) atoms. The molecule has 2 aliphatic rings. The van der Waals surface area contributed by atoms with Crippen LogP contribution in [0.4, 0.5) is 10.5 Å². The minimum absolute atomic E-state index is 0.173. The van der Waals surface area contributed by atoms with Crippen molar-refractivity contribution in [3.8, 4) is 5.75 Å². The second kappa shape index (κ2) is 21.1. The van der Waals surface area contributed by atoms with Gasteiger partial charge in [-0.3, -0.25) is 38.9 Å². The molecule has 0 bridgehead atoms. The molecule has 18 heteroatoms. The average Bonchev–Trinajstić information content (AvgIpc) is 3.60. The fourth-order valence-corrected chi connectivity index (χ4v) is 6.76. The smallest absolute Gasteiger partial charge is 0.319 e. The van der Waals surface area contributed by atoms with Crippen molar-refractivity contribution in [1.82, 2.24) is 36.8 Å². The summed E-state index contributed by atoms with van der Waals surface area (Å²) in [6, 6.07) is 26.5. The fraction of sp³-hybridized carbons (Fsp3) is 0.273. The van der Waals surface area contributed by atoms with Crippen LogP contribution in [0, 0.1) is 0 Å². The molecule has 0 aromatic heterocycles. The Hall–Kier alpha value is -7.60. The Kier molecular flexibility index (Phi) is 14.9. The van der Waals surface area contributed by atoms with Gasteiger partial charge in [0.05, 0.1) is 19.6 Å². The Labute approximate surface area is 356 Å². The first-order chi connectivity index (χ1) is 29.9. The van der Waals surface area contributed by atoms with E-state index in [2.05, 4.69) is 37.2 Å². The van der Waals surface area contributed by atoms with Crippen LogP contribution in [-0.2, 0) is 61.4 Å². The second-order valence-electron chi connectivity index (χ2n) is 14.6. The molecular formula is C44H47N9O9. The number of anilines is 1. The normalized spacial score (nSPS) is 14.8. The van der Waals surface area contributed by atoms with Crippen molar-refractivity contribution >= 4 is 53.1 Å². The highest BCUT2D eigenvalue weighted by Gasteiger charge is 2.39. The van der Waals surface area contributed by atoms with Gasteiger partial charge in [0.2, 0.25) is 35.4 Å². The number of nitrogens with zero attached hydrogens (tertiary/aromatic N) is 1. The third-order valence-electron chi connectivity index (χ3n) is 10.1. The molecule has 4 aromatic rings. The monoisotopic (exact) mass is 845 g/mol. The number of imide groups is 1. The Bertz CT molecular complexity index is 2300. The zero-order valence-electron chi connectivity index (χ0n) is 33.7. The van der Waals surface area contributed by atoms with E-state index in [9.17, 15) is 38.4 Å². The Morgan fingerprint density at radius 1 is 0.742 bits per heavy atom. The summed E-state index contributed by atoms with van der Waals surface area (Å²) < 4.78 is 5.91. The number of urea groups is 1. The molecular weight excluding hydrogens is 799 g/mol. The van der Waals surface area contributed by atoms with Gasteiger partial charge in [-0.2, -0.15) is 0 Å². The SMILES string of the molecule is NCC(=O)NCC(=O)N[C@@H](Cc1ccccc1)C(=O)NCC(=O)NCc1ccc(COc2ccc(NC(=O)NCc3ccc4c(c3)CN(C3CCC(=O)NC3=O)C4=O)cc2)cc1. The Balaban J connectivity index is 0.886. The van der Waals surface area contributed by atoms with Crippen LogP contribution >= 0.6 is 0 Å². The van der Waals surface area contributed by atoms with Crippen LogP contribution in [0.5, 0.6) is 5.75 Å². The van der Waals surface area contributed by atoms with Gasteiger partial charge in [-0.25, -0.2) is 4.79 Å². The van der Waals surface area contributed by atoms with Gasteiger partial charge in [-0.15, -0.1) is 0 Å². The molecule has 2 heterocycles. The number of nitrogens with one attached hydrogen (secondary N) is 7. The van der Waals surface area contributed by atoms with Gasteiger partial charge in [0, 0.05) is 43.7 Å². The van der Waals surface area contributed by atoms with Crippen LogP contribution in [0.3, 0.4) is 0 Å². The highest BCUT2D eigenvalue weighted by molar-refractivity contribution is 6.05. The van der Waals surface area contributed by atoms with E-state index in [0.29, 0.717) is 17.0 Å². The highest BCUT2D eigenvalue weighted by Crippen LogP contribution is 2.28. The lowest BCUT2D eigenvalue weighted by Gasteiger charge is -2.29. The summed E-state index contributed by atoms with van der Waals surface area (Å²) in [5, 5.41) is 18.2. The third kappa shape index (κ3) is 12.5. The number of fused-ring (bicyclic) bond motifs is 1. The Morgan fingerprint density at radius 3 is 2.16 bits per heavy atom. The van der Waals surface area contributed by atoms with Crippen molar-refractivity contribution in [2.75, 3.05) is 25.0 Å². The van der Waals surface area contributed by atoms with Gasteiger partial charge in [-0.05, 0) is 64.6 Å². The first kappa shape index (κ1) is 44.0. The molecule has 1 fully saturated rings. The molecule has 1 unspecified atom stereocenters. The van der Waals surface area contributed by atoms with Crippen LogP contribution in [-0.4, -0.2) is 84.0 Å². The number of rotatable bonds is 18. The lowest BCUT2D eigenvalue weighted by atomic mass is 10.0. The molecule has 0 spiro atoms. The molecule has 322 valence electrons. The maximum absolute atomic E-state index is 13.0. The molecule has 18 nitrogen and oxygen atoms in total. The third-order valence-corrected chi connectivity index (χ3v) is 10.1. The van der Waals surface area contributed by atoms with E-state index in [-0.39, 0.29) is 77.0 Å². The molecule has 2 atom stereocenters. The number of benzene rings is 4. The molecule has 0 radical (unpaired) electrons. The molecule has 4 aromatic carbocycles. The van der Waals surface area contributed by atoms with Crippen molar-refractivity contribution < 1.29 is 43.1 Å². The molecule has 6 rings (SSSR count). The minimum atomic E-state index is -0.988. The number of hydrogen-bond donors (Lipinski definition) is 8. The molecule has 0 saturated carbocycles. The minimum Gasteiger partial charge on any atom is -0.489 e. The lowest BCUT2D eigenvalue weighted by molar-refractivity contribution is -0.137. The highest BCUT2D eigenvalue weighted by atomic mass is 16.5. The van der Waals surface area contributed by atoms with E-state index in [1.165, 1.54) is 4.90 Å². The van der Waals surface area contributed by atoms with E-state index in [0.717, 1.165) is 27.8 Å². The summed E-state index contributed by atoms with van der Waals surface area (Å²) in [6.45, 7) is -0.0114.